The minimum atomic E-state index is 0. The van der Waals surface area contributed by atoms with E-state index in [4.69, 9.17) is 0 Å². The van der Waals surface area contributed by atoms with Crippen LogP contribution in [0.25, 0.3) is 0 Å². The second-order valence-corrected chi connectivity index (χ2v) is 6.10. The van der Waals surface area contributed by atoms with Gasteiger partial charge in [0.25, 0.3) is 0 Å². The Bertz CT molecular complexity index is 118. The molecule has 11 heavy (non-hydrogen) atoms. The molecule has 0 unspecified atom stereocenters. The van der Waals surface area contributed by atoms with E-state index in [0.717, 1.165) is 0 Å². The van der Waals surface area contributed by atoms with Gasteiger partial charge in [-0.2, -0.15) is 0 Å². The highest BCUT2D eigenvalue weighted by atomic mass is 35.5. The van der Waals surface area contributed by atoms with Crippen molar-refractivity contribution in [2.75, 3.05) is 24.6 Å². The zero-order valence-electron chi connectivity index (χ0n) is 6.47. The van der Waals surface area contributed by atoms with Crippen molar-refractivity contribution in [2.45, 2.75) is 16.9 Å². The SMILES string of the molecule is C1CNCC2(C1)SCCS2.Cl. The van der Waals surface area contributed by atoms with Gasteiger partial charge in [0.1, 0.15) is 0 Å². The molecule has 4 heteroatoms. The Labute approximate surface area is 82.9 Å². The molecule has 0 atom stereocenters. The van der Waals surface area contributed by atoms with Crippen LogP contribution >= 0.6 is 35.9 Å². The van der Waals surface area contributed by atoms with Crippen LogP contribution in [0.15, 0.2) is 0 Å². The smallest absolute Gasteiger partial charge is 0.0735 e. The number of thioether (sulfide) groups is 2. The van der Waals surface area contributed by atoms with Gasteiger partial charge in [0.15, 0.2) is 0 Å². The number of halogens is 1. The van der Waals surface area contributed by atoms with Crippen molar-refractivity contribution >= 4 is 35.9 Å². The predicted octanol–water partition coefficient (Wildman–Crippen LogP) is 1.97. The molecule has 1 nitrogen and oxygen atoms in total. The first-order valence-electron chi connectivity index (χ1n) is 3.90. The van der Waals surface area contributed by atoms with E-state index in [0.29, 0.717) is 4.08 Å². The molecule has 0 radical (unpaired) electrons. The largest absolute Gasteiger partial charge is 0.315 e. The number of piperidine rings is 1. The molecule has 0 bridgehead atoms. The van der Waals surface area contributed by atoms with Crippen LogP contribution in [-0.4, -0.2) is 28.7 Å². The standard InChI is InChI=1S/C7H13NS2.ClH/c1-2-7(6-8-3-1)9-4-5-10-7;/h8H,1-6H2;1H. The van der Waals surface area contributed by atoms with Gasteiger partial charge >= 0.3 is 0 Å². The Morgan fingerprint density at radius 1 is 1.18 bits per heavy atom. The van der Waals surface area contributed by atoms with Crippen molar-refractivity contribution in [3.63, 3.8) is 0 Å². The van der Waals surface area contributed by atoms with Gasteiger partial charge < -0.3 is 5.32 Å². The highest BCUT2D eigenvalue weighted by Gasteiger charge is 2.36. The van der Waals surface area contributed by atoms with Crippen LogP contribution in [0.2, 0.25) is 0 Å². The molecule has 2 fully saturated rings. The van der Waals surface area contributed by atoms with Crippen LogP contribution < -0.4 is 5.32 Å². The molecule has 0 amide bonds. The third kappa shape index (κ3) is 2.20. The molecule has 2 aliphatic heterocycles. The highest BCUT2D eigenvalue weighted by Crippen LogP contribution is 2.47. The molecule has 1 spiro atoms. The maximum Gasteiger partial charge on any atom is 0.0735 e. The van der Waals surface area contributed by atoms with E-state index in [1.54, 1.807) is 0 Å². The molecular weight excluding hydrogens is 198 g/mol. The van der Waals surface area contributed by atoms with Crippen LogP contribution in [0.1, 0.15) is 12.8 Å². The van der Waals surface area contributed by atoms with Crippen molar-refractivity contribution in [2.24, 2.45) is 0 Å². The molecular formula is C7H14ClNS2. The Kier molecular flexibility index (Phi) is 3.89. The molecule has 2 aliphatic rings. The quantitative estimate of drug-likeness (QED) is 0.658. The third-order valence-electron chi connectivity index (χ3n) is 2.12. The van der Waals surface area contributed by atoms with Gasteiger partial charge in [0.2, 0.25) is 0 Å². The fraction of sp³-hybridized carbons (Fsp3) is 1.00. The molecule has 2 rings (SSSR count). The summed E-state index contributed by atoms with van der Waals surface area (Å²) in [6.07, 6.45) is 2.80. The lowest BCUT2D eigenvalue weighted by Crippen LogP contribution is -2.39. The van der Waals surface area contributed by atoms with E-state index in [-0.39, 0.29) is 12.4 Å². The summed E-state index contributed by atoms with van der Waals surface area (Å²) in [5.41, 5.74) is 0. The topological polar surface area (TPSA) is 12.0 Å². The lowest BCUT2D eigenvalue weighted by atomic mass is 10.1. The zero-order valence-corrected chi connectivity index (χ0v) is 8.92. The highest BCUT2D eigenvalue weighted by molar-refractivity contribution is 8.21. The van der Waals surface area contributed by atoms with Gasteiger partial charge in [-0.05, 0) is 19.4 Å². The van der Waals surface area contributed by atoms with Crippen molar-refractivity contribution in [1.82, 2.24) is 5.32 Å². The summed E-state index contributed by atoms with van der Waals surface area (Å²) in [6.45, 7) is 2.48. The van der Waals surface area contributed by atoms with E-state index in [1.165, 1.54) is 37.4 Å². The fourth-order valence-corrected chi connectivity index (χ4v) is 4.82. The maximum absolute atomic E-state index is 3.48. The molecule has 1 N–H and O–H groups in total. The zero-order chi connectivity index (χ0) is 6.86. The predicted molar refractivity (Wildman–Crippen MR) is 57.0 cm³/mol. The number of hydrogen-bond donors (Lipinski definition) is 1. The van der Waals surface area contributed by atoms with Crippen molar-refractivity contribution in [1.29, 1.82) is 0 Å². The molecule has 0 aliphatic carbocycles. The van der Waals surface area contributed by atoms with Crippen molar-refractivity contribution in [3.05, 3.63) is 0 Å². The molecule has 0 saturated carbocycles. The van der Waals surface area contributed by atoms with Crippen molar-refractivity contribution in [3.8, 4) is 0 Å². The molecule has 2 saturated heterocycles. The van der Waals surface area contributed by atoms with Gasteiger partial charge in [-0.3, -0.25) is 0 Å². The second kappa shape index (κ2) is 4.26. The summed E-state index contributed by atoms with van der Waals surface area (Å²) < 4.78 is 0.595. The van der Waals surface area contributed by atoms with Gasteiger partial charge in [-0.15, -0.1) is 35.9 Å². The molecule has 0 aromatic heterocycles. The Balaban J connectivity index is 0.000000605. The van der Waals surface area contributed by atoms with E-state index in [2.05, 4.69) is 28.8 Å². The average Bonchev–Trinajstić information content (AvgIpc) is 2.39. The van der Waals surface area contributed by atoms with Crippen LogP contribution in [-0.2, 0) is 0 Å². The first kappa shape index (κ1) is 10.0. The normalized spacial score (nSPS) is 28.4. The van der Waals surface area contributed by atoms with E-state index in [9.17, 15) is 0 Å². The maximum atomic E-state index is 3.48. The van der Waals surface area contributed by atoms with Gasteiger partial charge in [0, 0.05) is 18.1 Å². The summed E-state index contributed by atoms with van der Waals surface area (Å²) in [4.78, 5) is 0. The first-order chi connectivity index (χ1) is 4.91. The fourth-order valence-electron chi connectivity index (χ4n) is 1.59. The van der Waals surface area contributed by atoms with Gasteiger partial charge in [-0.25, -0.2) is 0 Å². The van der Waals surface area contributed by atoms with E-state index in [1.807, 2.05) is 0 Å². The Morgan fingerprint density at radius 3 is 2.45 bits per heavy atom. The summed E-state index contributed by atoms with van der Waals surface area (Å²) in [5.74, 6) is 2.73. The molecule has 2 heterocycles. The minimum Gasteiger partial charge on any atom is -0.315 e. The first-order valence-corrected chi connectivity index (χ1v) is 5.87. The summed E-state index contributed by atoms with van der Waals surface area (Å²) in [5, 5.41) is 3.48. The lowest BCUT2D eigenvalue weighted by molar-refractivity contribution is 0.509. The van der Waals surface area contributed by atoms with Crippen molar-refractivity contribution < 1.29 is 0 Å². The number of nitrogens with one attached hydrogen (secondary N) is 1. The Morgan fingerprint density at radius 2 is 1.91 bits per heavy atom. The Hall–Kier alpha value is 0.950. The van der Waals surface area contributed by atoms with E-state index >= 15 is 0 Å². The summed E-state index contributed by atoms with van der Waals surface area (Å²) in [7, 11) is 0. The number of rotatable bonds is 0. The average molecular weight is 212 g/mol. The third-order valence-corrected chi connectivity index (χ3v) is 5.65. The summed E-state index contributed by atoms with van der Waals surface area (Å²) in [6, 6.07) is 0. The lowest BCUT2D eigenvalue weighted by Gasteiger charge is -2.31. The van der Waals surface area contributed by atoms with E-state index < -0.39 is 0 Å². The van der Waals surface area contributed by atoms with Crippen LogP contribution in [0, 0.1) is 0 Å². The van der Waals surface area contributed by atoms with Crippen LogP contribution in [0.3, 0.4) is 0 Å². The minimum absolute atomic E-state index is 0. The van der Waals surface area contributed by atoms with Gasteiger partial charge in [0.05, 0.1) is 4.08 Å². The van der Waals surface area contributed by atoms with Crippen LogP contribution in [0.4, 0.5) is 0 Å². The monoisotopic (exact) mass is 211 g/mol. The van der Waals surface area contributed by atoms with Gasteiger partial charge in [-0.1, -0.05) is 0 Å². The molecule has 66 valence electrons. The molecule has 0 aromatic rings. The number of hydrogen-bond acceptors (Lipinski definition) is 3. The molecule has 0 aromatic carbocycles. The summed E-state index contributed by atoms with van der Waals surface area (Å²) >= 11 is 4.33. The second-order valence-electron chi connectivity index (χ2n) is 2.89. The van der Waals surface area contributed by atoms with Crippen LogP contribution in [0.5, 0.6) is 0 Å².